The van der Waals surface area contributed by atoms with E-state index in [0.717, 1.165) is 13.1 Å². The van der Waals surface area contributed by atoms with Crippen LogP contribution < -0.4 is 10.6 Å². The minimum Gasteiger partial charge on any atom is -0.355 e. The Kier molecular flexibility index (Phi) is 4.75. The van der Waals surface area contributed by atoms with Gasteiger partial charge in [0.15, 0.2) is 0 Å². The smallest absolute Gasteiger partial charge is 0.221 e. The summed E-state index contributed by atoms with van der Waals surface area (Å²) >= 11 is 1.89. The molecule has 0 aromatic carbocycles. The highest BCUT2D eigenvalue weighted by Gasteiger charge is 2.36. The normalized spacial score (nSPS) is 18.7. The van der Waals surface area contributed by atoms with Crippen molar-refractivity contribution in [1.29, 1.82) is 0 Å². The summed E-state index contributed by atoms with van der Waals surface area (Å²) in [6.07, 6.45) is 6.54. The molecule has 0 heterocycles. The highest BCUT2D eigenvalue weighted by atomic mass is 32.2. The number of hydrogen-bond donors (Lipinski definition) is 2. The first-order valence-electron chi connectivity index (χ1n) is 5.19. The molecule has 3 nitrogen and oxygen atoms in total. The fraction of sp³-hybridized carbons (Fsp3) is 0.900. The summed E-state index contributed by atoms with van der Waals surface area (Å²) in [7, 11) is 1.86. The Hall–Kier alpha value is -0.220. The van der Waals surface area contributed by atoms with Gasteiger partial charge in [0.2, 0.25) is 5.91 Å². The number of carbonyl (C=O) groups is 1. The summed E-state index contributed by atoms with van der Waals surface area (Å²) in [6.45, 7) is 1.61. The second kappa shape index (κ2) is 5.61. The molecule has 0 aromatic rings. The maximum Gasteiger partial charge on any atom is 0.221 e. The van der Waals surface area contributed by atoms with Crippen molar-refractivity contribution in [2.45, 2.75) is 30.4 Å². The first-order valence-corrected chi connectivity index (χ1v) is 6.41. The van der Waals surface area contributed by atoms with Crippen LogP contribution in [0.2, 0.25) is 0 Å². The van der Waals surface area contributed by atoms with Gasteiger partial charge in [0.05, 0.1) is 0 Å². The number of amides is 1. The van der Waals surface area contributed by atoms with Crippen LogP contribution in [0.15, 0.2) is 0 Å². The van der Waals surface area contributed by atoms with E-state index < -0.39 is 0 Å². The van der Waals surface area contributed by atoms with Crippen LogP contribution in [0, 0.1) is 0 Å². The Balaban J connectivity index is 2.15. The fourth-order valence-electron chi connectivity index (χ4n) is 1.61. The summed E-state index contributed by atoms with van der Waals surface area (Å²) in [6, 6.07) is 0. The Bertz CT molecular complexity index is 187. The lowest BCUT2D eigenvalue weighted by Gasteiger charge is -2.40. The van der Waals surface area contributed by atoms with Crippen molar-refractivity contribution in [3.8, 4) is 0 Å². The van der Waals surface area contributed by atoms with Gasteiger partial charge in [-0.05, 0) is 26.1 Å². The summed E-state index contributed by atoms with van der Waals surface area (Å²) in [5.41, 5.74) is 0. The van der Waals surface area contributed by atoms with Crippen molar-refractivity contribution in [2.24, 2.45) is 0 Å². The second-order valence-electron chi connectivity index (χ2n) is 3.87. The van der Waals surface area contributed by atoms with E-state index in [1.165, 1.54) is 19.3 Å². The van der Waals surface area contributed by atoms with Crippen LogP contribution in [-0.2, 0) is 4.79 Å². The van der Waals surface area contributed by atoms with E-state index in [4.69, 9.17) is 0 Å². The molecule has 1 aliphatic carbocycles. The predicted octanol–water partition coefficient (Wildman–Crippen LogP) is 0.998. The summed E-state index contributed by atoms with van der Waals surface area (Å²) in [5.74, 6) is 0.166. The van der Waals surface area contributed by atoms with Crippen LogP contribution in [-0.4, -0.2) is 37.0 Å². The first kappa shape index (κ1) is 11.9. The van der Waals surface area contributed by atoms with Gasteiger partial charge >= 0.3 is 0 Å². The summed E-state index contributed by atoms with van der Waals surface area (Å²) in [4.78, 5) is 11.3. The molecule has 14 heavy (non-hydrogen) atoms. The largest absolute Gasteiger partial charge is 0.355 e. The summed E-state index contributed by atoms with van der Waals surface area (Å²) in [5, 5.41) is 5.98. The second-order valence-corrected chi connectivity index (χ2v) is 5.15. The lowest BCUT2D eigenvalue weighted by atomic mass is 9.84. The Morgan fingerprint density at radius 3 is 2.64 bits per heavy atom. The molecule has 1 amide bonds. The average Bonchev–Trinajstić information content (AvgIpc) is 2.14. The van der Waals surface area contributed by atoms with Crippen molar-refractivity contribution < 1.29 is 4.79 Å². The van der Waals surface area contributed by atoms with Crippen LogP contribution >= 0.6 is 11.8 Å². The Morgan fingerprint density at radius 2 is 2.21 bits per heavy atom. The number of carbonyl (C=O) groups excluding carboxylic acids is 1. The fourth-order valence-corrected chi connectivity index (χ4v) is 2.52. The highest BCUT2D eigenvalue weighted by Crippen LogP contribution is 2.42. The van der Waals surface area contributed by atoms with E-state index in [9.17, 15) is 4.79 Å². The van der Waals surface area contributed by atoms with E-state index in [1.54, 1.807) is 0 Å². The molecule has 0 radical (unpaired) electrons. The average molecular weight is 216 g/mol. The molecule has 0 atom stereocenters. The maximum atomic E-state index is 11.3. The molecule has 4 heteroatoms. The van der Waals surface area contributed by atoms with Gasteiger partial charge in [-0.1, -0.05) is 6.42 Å². The maximum absolute atomic E-state index is 11.3. The van der Waals surface area contributed by atoms with Crippen molar-refractivity contribution >= 4 is 17.7 Å². The molecule has 1 fully saturated rings. The quantitative estimate of drug-likeness (QED) is 0.696. The van der Waals surface area contributed by atoms with Gasteiger partial charge in [-0.15, -0.1) is 0 Å². The van der Waals surface area contributed by atoms with Gasteiger partial charge in [0.1, 0.15) is 0 Å². The molecular formula is C10H20N2OS. The SMILES string of the molecule is CNCCC(=O)NCC1(SC)CCC1. The van der Waals surface area contributed by atoms with Crippen LogP contribution in [0.1, 0.15) is 25.7 Å². The molecule has 1 aliphatic rings. The van der Waals surface area contributed by atoms with Gasteiger partial charge in [-0.25, -0.2) is 0 Å². The number of thioether (sulfide) groups is 1. The lowest BCUT2D eigenvalue weighted by Crippen LogP contribution is -2.45. The van der Waals surface area contributed by atoms with Crippen LogP contribution in [0.3, 0.4) is 0 Å². The molecule has 82 valence electrons. The van der Waals surface area contributed by atoms with E-state index in [0.29, 0.717) is 11.2 Å². The topological polar surface area (TPSA) is 41.1 Å². The Morgan fingerprint density at radius 1 is 1.50 bits per heavy atom. The van der Waals surface area contributed by atoms with E-state index >= 15 is 0 Å². The van der Waals surface area contributed by atoms with Gasteiger partial charge in [-0.3, -0.25) is 4.79 Å². The van der Waals surface area contributed by atoms with Gasteiger partial charge in [0, 0.05) is 24.3 Å². The molecule has 1 saturated carbocycles. The standard InChI is InChI=1S/C10H20N2OS/c1-11-7-4-9(13)12-8-10(14-2)5-3-6-10/h11H,3-8H2,1-2H3,(H,12,13). The predicted molar refractivity (Wildman–Crippen MR) is 61.7 cm³/mol. The number of hydrogen-bond acceptors (Lipinski definition) is 3. The van der Waals surface area contributed by atoms with Gasteiger partial charge in [0.25, 0.3) is 0 Å². The molecule has 1 rings (SSSR count). The van der Waals surface area contributed by atoms with Crippen LogP contribution in [0.5, 0.6) is 0 Å². The number of rotatable bonds is 6. The molecule has 2 N–H and O–H groups in total. The van der Waals surface area contributed by atoms with E-state index in [2.05, 4.69) is 16.9 Å². The number of nitrogens with one attached hydrogen (secondary N) is 2. The monoisotopic (exact) mass is 216 g/mol. The third kappa shape index (κ3) is 3.17. The minimum atomic E-state index is 0.166. The van der Waals surface area contributed by atoms with E-state index in [-0.39, 0.29) is 5.91 Å². The van der Waals surface area contributed by atoms with Crippen molar-refractivity contribution in [2.75, 3.05) is 26.4 Å². The first-order chi connectivity index (χ1) is 6.72. The van der Waals surface area contributed by atoms with Crippen molar-refractivity contribution in [3.05, 3.63) is 0 Å². The molecule has 0 saturated heterocycles. The zero-order valence-corrected chi connectivity index (χ0v) is 9.88. The lowest BCUT2D eigenvalue weighted by molar-refractivity contribution is -0.121. The van der Waals surface area contributed by atoms with E-state index in [1.807, 2.05) is 18.8 Å². The van der Waals surface area contributed by atoms with Crippen LogP contribution in [0.4, 0.5) is 0 Å². The van der Waals surface area contributed by atoms with Crippen LogP contribution in [0.25, 0.3) is 0 Å². The third-order valence-corrected chi connectivity index (χ3v) is 4.33. The zero-order chi connectivity index (χ0) is 10.4. The van der Waals surface area contributed by atoms with Crippen molar-refractivity contribution in [1.82, 2.24) is 10.6 Å². The van der Waals surface area contributed by atoms with Crippen molar-refractivity contribution in [3.63, 3.8) is 0 Å². The molecule has 0 aliphatic heterocycles. The van der Waals surface area contributed by atoms with Gasteiger partial charge < -0.3 is 10.6 Å². The molecule has 0 spiro atoms. The molecular weight excluding hydrogens is 196 g/mol. The molecule has 0 aromatic heterocycles. The summed E-state index contributed by atoms with van der Waals surface area (Å²) < 4.78 is 0.356. The highest BCUT2D eigenvalue weighted by molar-refractivity contribution is 8.00. The third-order valence-electron chi connectivity index (χ3n) is 2.91. The molecule has 0 unspecified atom stereocenters. The minimum absolute atomic E-state index is 0.166. The Labute approximate surface area is 90.4 Å². The zero-order valence-electron chi connectivity index (χ0n) is 9.06. The molecule has 0 bridgehead atoms. The van der Waals surface area contributed by atoms with Gasteiger partial charge in [-0.2, -0.15) is 11.8 Å².